The number of nitrogens with zero attached hydrogens (tertiary/aromatic N) is 4. The number of aromatic nitrogens is 1. The van der Waals surface area contributed by atoms with Crippen LogP contribution in [0.15, 0.2) is 39.8 Å². The SMILES string of the molecule is CCNC(=NCC(C)c1c(C)noc1C)N1CCN(Cc2ccccc2)CC1. The zero-order valence-electron chi connectivity index (χ0n) is 17.6. The maximum absolute atomic E-state index is 5.32. The first-order valence-electron chi connectivity index (χ1n) is 10.3. The van der Waals surface area contributed by atoms with Crippen LogP contribution in [-0.2, 0) is 6.54 Å². The number of nitrogens with one attached hydrogen (secondary N) is 1. The summed E-state index contributed by atoms with van der Waals surface area (Å²) in [4.78, 5) is 9.82. The predicted octanol–water partition coefficient (Wildman–Crippen LogP) is 3.18. The summed E-state index contributed by atoms with van der Waals surface area (Å²) >= 11 is 0. The molecule has 1 fully saturated rings. The minimum atomic E-state index is 0.291. The van der Waals surface area contributed by atoms with Gasteiger partial charge in [-0.15, -0.1) is 0 Å². The van der Waals surface area contributed by atoms with E-state index in [1.165, 1.54) is 11.1 Å². The Bertz CT molecular complexity index is 743. The van der Waals surface area contributed by atoms with Crippen LogP contribution in [-0.4, -0.2) is 60.2 Å². The number of guanidine groups is 1. The molecule has 1 aliphatic rings. The first-order chi connectivity index (χ1) is 13.6. The maximum Gasteiger partial charge on any atom is 0.194 e. The molecule has 1 N–H and O–H groups in total. The van der Waals surface area contributed by atoms with E-state index in [1.807, 2.05) is 13.8 Å². The minimum Gasteiger partial charge on any atom is -0.361 e. The molecule has 0 saturated carbocycles. The largest absolute Gasteiger partial charge is 0.361 e. The summed E-state index contributed by atoms with van der Waals surface area (Å²) in [5.41, 5.74) is 3.54. The first kappa shape index (κ1) is 20.4. The van der Waals surface area contributed by atoms with Gasteiger partial charge in [-0.2, -0.15) is 0 Å². The average molecular weight is 384 g/mol. The highest BCUT2D eigenvalue weighted by molar-refractivity contribution is 5.80. The van der Waals surface area contributed by atoms with Crippen molar-refractivity contribution in [1.82, 2.24) is 20.3 Å². The third kappa shape index (κ3) is 5.13. The van der Waals surface area contributed by atoms with E-state index >= 15 is 0 Å². The zero-order chi connectivity index (χ0) is 19.9. The van der Waals surface area contributed by atoms with Crippen molar-refractivity contribution in [3.8, 4) is 0 Å². The van der Waals surface area contributed by atoms with E-state index in [2.05, 4.69) is 64.5 Å². The Morgan fingerprint density at radius 1 is 1.18 bits per heavy atom. The fourth-order valence-electron chi connectivity index (χ4n) is 3.89. The Labute approximate surface area is 168 Å². The molecule has 3 rings (SSSR count). The van der Waals surface area contributed by atoms with E-state index in [1.54, 1.807) is 0 Å². The van der Waals surface area contributed by atoms with E-state index in [-0.39, 0.29) is 0 Å². The Morgan fingerprint density at radius 3 is 2.50 bits per heavy atom. The van der Waals surface area contributed by atoms with Crippen molar-refractivity contribution in [3.05, 3.63) is 52.9 Å². The summed E-state index contributed by atoms with van der Waals surface area (Å²) in [7, 11) is 0. The Kier molecular flexibility index (Phi) is 7.09. The van der Waals surface area contributed by atoms with Gasteiger partial charge in [-0.1, -0.05) is 42.4 Å². The van der Waals surface area contributed by atoms with Gasteiger partial charge in [0.25, 0.3) is 0 Å². The Hall–Kier alpha value is -2.34. The van der Waals surface area contributed by atoms with Crippen LogP contribution in [0.5, 0.6) is 0 Å². The minimum absolute atomic E-state index is 0.291. The molecule has 1 atom stereocenters. The molecule has 0 radical (unpaired) electrons. The van der Waals surface area contributed by atoms with Gasteiger partial charge in [-0.05, 0) is 26.3 Å². The molecule has 2 heterocycles. The molecule has 0 aliphatic carbocycles. The van der Waals surface area contributed by atoms with Gasteiger partial charge in [0.2, 0.25) is 0 Å². The van der Waals surface area contributed by atoms with E-state index in [4.69, 9.17) is 9.52 Å². The quantitative estimate of drug-likeness (QED) is 0.613. The first-order valence-corrected chi connectivity index (χ1v) is 10.3. The predicted molar refractivity (Wildman–Crippen MR) is 114 cm³/mol. The number of hydrogen-bond acceptors (Lipinski definition) is 4. The fraction of sp³-hybridized carbons (Fsp3) is 0.545. The van der Waals surface area contributed by atoms with Gasteiger partial charge < -0.3 is 14.7 Å². The van der Waals surface area contributed by atoms with Crippen molar-refractivity contribution in [2.24, 2.45) is 4.99 Å². The molecule has 6 heteroatoms. The van der Waals surface area contributed by atoms with E-state index in [0.29, 0.717) is 5.92 Å². The fourth-order valence-corrected chi connectivity index (χ4v) is 3.89. The number of aliphatic imine (C=N–C) groups is 1. The van der Waals surface area contributed by atoms with Crippen LogP contribution in [0, 0.1) is 13.8 Å². The van der Waals surface area contributed by atoms with E-state index < -0.39 is 0 Å². The average Bonchev–Trinajstić information content (AvgIpc) is 3.05. The van der Waals surface area contributed by atoms with E-state index in [9.17, 15) is 0 Å². The highest BCUT2D eigenvalue weighted by Crippen LogP contribution is 2.23. The summed E-state index contributed by atoms with van der Waals surface area (Å²) in [6.45, 7) is 15.0. The van der Waals surface area contributed by atoms with Crippen LogP contribution >= 0.6 is 0 Å². The number of aryl methyl sites for hydroxylation is 2. The number of benzene rings is 1. The van der Waals surface area contributed by atoms with Crippen LogP contribution in [0.1, 0.15) is 42.3 Å². The van der Waals surface area contributed by atoms with E-state index in [0.717, 1.165) is 63.2 Å². The lowest BCUT2D eigenvalue weighted by molar-refractivity contribution is 0.172. The number of hydrogen-bond donors (Lipinski definition) is 1. The monoisotopic (exact) mass is 383 g/mol. The summed E-state index contributed by atoms with van der Waals surface area (Å²) in [6.07, 6.45) is 0. The summed E-state index contributed by atoms with van der Waals surface area (Å²) in [6, 6.07) is 10.7. The van der Waals surface area contributed by atoms with Gasteiger partial charge >= 0.3 is 0 Å². The van der Waals surface area contributed by atoms with Crippen LogP contribution in [0.2, 0.25) is 0 Å². The molecular weight excluding hydrogens is 350 g/mol. The normalized spacial score (nSPS) is 17.0. The number of piperazine rings is 1. The molecule has 1 aromatic carbocycles. The zero-order valence-corrected chi connectivity index (χ0v) is 17.6. The third-order valence-electron chi connectivity index (χ3n) is 5.35. The molecule has 1 saturated heterocycles. The molecule has 28 heavy (non-hydrogen) atoms. The molecule has 0 spiro atoms. The molecule has 152 valence electrons. The highest BCUT2D eigenvalue weighted by Gasteiger charge is 2.21. The highest BCUT2D eigenvalue weighted by atomic mass is 16.5. The number of rotatable bonds is 6. The smallest absolute Gasteiger partial charge is 0.194 e. The van der Waals surface area contributed by atoms with Gasteiger partial charge in [0.1, 0.15) is 5.76 Å². The molecule has 1 unspecified atom stereocenters. The van der Waals surface area contributed by atoms with Crippen molar-refractivity contribution in [1.29, 1.82) is 0 Å². The van der Waals surface area contributed by atoms with Gasteiger partial charge in [0.05, 0.1) is 5.69 Å². The molecule has 2 aromatic rings. The standard InChI is InChI=1S/C22H33N5O/c1-5-23-22(24-15-17(2)21-18(3)25-28-19(21)4)27-13-11-26(12-14-27)16-20-9-7-6-8-10-20/h6-10,17H,5,11-16H2,1-4H3,(H,23,24). The lowest BCUT2D eigenvalue weighted by atomic mass is 10.00. The van der Waals surface area contributed by atoms with Crippen molar-refractivity contribution in [3.63, 3.8) is 0 Å². The van der Waals surface area contributed by atoms with Crippen molar-refractivity contribution < 1.29 is 4.52 Å². The Morgan fingerprint density at radius 2 is 1.89 bits per heavy atom. The maximum atomic E-state index is 5.32. The summed E-state index contributed by atoms with van der Waals surface area (Å²) in [5, 5.41) is 7.54. The topological polar surface area (TPSA) is 56.9 Å². The van der Waals surface area contributed by atoms with Gasteiger partial charge in [0, 0.05) is 57.3 Å². The third-order valence-corrected chi connectivity index (χ3v) is 5.35. The molecule has 0 bridgehead atoms. The second kappa shape index (κ2) is 9.73. The van der Waals surface area contributed by atoms with Gasteiger partial charge in [0.15, 0.2) is 5.96 Å². The summed E-state index contributed by atoms with van der Waals surface area (Å²) in [5.74, 6) is 2.21. The molecule has 1 aromatic heterocycles. The molecule has 1 aliphatic heterocycles. The van der Waals surface area contributed by atoms with Crippen LogP contribution in [0.3, 0.4) is 0 Å². The summed E-state index contributed by atoms with van der Waals surface area (Å²) < 4.78 is 5.32. The van der Waals surface area contributed by atoms with Crippen molar-refractivity contribution in [2.75, 3.05) is 39.3 Å². The van der Waals surface area contributed by atoms with Gasteiger partial charge in [-0.25, -0.2) is 0 Å². The van der Waals surface area contributed by atoms with Crippen LogP contribution in [0.25, 0.3) is 0 Å². The van der Waals surface area contributed by atoms with Gasteiger partial charge in [-0.3, -0.25) is 9.89 Å². The van der Waals surface area contributed by atoms with Crippen molar-refractivity contribution in [2.45, 2.75) is 40.2 Å². The van der Waals surface area contributed by atoms with Crippen LogP contribution < -0.4 is 5.32 Å². The second-order valence-corrected chi connectivity index (χ2v) is 7.58. The lowest BCUT2D eigenvalue weighted by Gasteiger charge is -2.36. The second-order valence-electron chi connectivity index (χ2n) is 7.58. The Balaban J connectivity index is 1.57. The molecule has 0 amide bonds. The van der Waals surface area contributed by atoms with Crippen molar-refractivity contribution >= 4 is 5.96 Å². The van der Waals surface area contributed by atoms with Crippen LogP contribution in [0.4, 0.5) is 0 Å². The lowest BCUT2D eigenvalue weighted by Crippen LogP contribution is -2.52. The molecule has 6 nitrogen and oxygen atoms in total. The molecular formula is C22H33N5O.